The minimum atomic E-state index is -0.144. The quantitative estimate of drug-likeness (QED) is 0.731. The number of aromatic nitrogens is 3. The summed E-state index contributed by atoms with van der Waals surface area (Å²) in [6, 6.07) is 0. The lowest BCUT2D eigenvalue weighted by atomic mass is 10.2. The molecule has 15 heavy (non-hydrogen) atoms. The first-order valence-electron chi connectivity index (χ1n) is 4.23. The lowest BCUT2D eigenvalue weighted by Gasteiger charge is -1.97. The van der Waals surface area contributed by atoms with Crippen LogP contribution >= 0.6 is 11.3 Å². The van der Waals surface area contributed by atoms with Crippen molar-refractivity contribution in [3.05, 3.63) is 29.3 Å². The van der Waals surface area contributed by atoms with E-state index in [1.165, 1.54) is 24.6 Å². The van der Waals surface area contributed by atoms with Gasteiger partial charge in [0.1, 0.15) is 11.4 Å². The number of carbonyl (C=O) groups excluding carboxylic acids is 1. The average molecular weight is 223 g/mol. The molecule has 0 fully saturated rings. The van der Waals surface area contributed by atoms with Crippen LogP contribution in [0.3, 0.4) is 0 Å². The van der Waals surface area contributed by atoms with E-state index in [4.69, 9.17) is 4.74 Å². The minimum absolute atomic E-state index is 0.144. The standard InChI is InChI=1S/C9H9N3O2S/c1-12-5-10-3-7(12)8(13)6-4-15-9(11-6)14-2/h3-5H,1-2H3. The molecule has 0 amide bonds. The summed E-state index contributed by atoms with van der Waals surface area (Å²) >= 11 is 1.30. The van der Waals surface area contributed by atoms with Crippen LogP contribution in [0, 0.1) is 0 Å². The molecule has 2 aromatic heterocycles. The summed E-state index contributed by atoms with van der Waals surface area (Å²) in [5, 5.41) is 2.16. The van der Waals surface area contributed by atoms with Crippen molar-refractivity contribution in [2.45, 2.75) is 0 Å². The number of carbonyl (C=O) groups is 1. The van der Waals surface area contributed by atoms with Gasteiger partial charge in [0.2, 0.25) is 5.78 Å². The molecule has 0 atom stereocenters. The summed E-state index contributed by atoms with van der Waals surface area (Å²) < 4.78 is 6.59. The molecule has 2 heterocycles. The van der Waals surface area contributed by atoms with E-state index in [9.17, 15) is 4.79 Å². The van der Waals surface area contributed by atoms with Crippen molar-refractivity contribution in [1.82, 2.24) is 14.5 Å². The number of rotatable bonds is 3. The van der Waals surface area contributed by atoms with Crippen LogP contribution in [0.15, 0.2) is 17.9 Å². The van der Waals surface area contributed by atoms with Gasteiger partial charge in [-0.2, -0.15) is 4.98 Å². The Morgan fingerprint density at radius 3 is 2.93 bits per heavy atom. The molecule has 0 aliphatic rings. The SMILES string of the molecule is COc1nc(C(=O)c2cncn2C)cs1. The molecule has 0 saturated heterocycles. The molecule has 0 spiro atoms. The maximum Gasteiger partial charge on any atom is 0.273 e. The predicted molar refractivity (Wildman–Crippen MR) is 55.3 cm³/mol. The van der Waals surface area contributed by atoms with E-state index in [1.807, 2.05) is 0 Å². The van der Waals surface area contributed by atoms with E-state index in [0.29, 0.717) is 16.6 Å². The zero-order valence-corrected chi connectivity index (χ0v) is 9.11. The second kappa shape index (κ2) is 3.82. The van der Waals surface area contributed by atoms with E-state index < -0.39 is 0 Å². The normalized spacial score (nSPS) is 10.3. The molecule has 6 heteroatoms. The van der Waals surface area contributed by atoms with Crippen molar-refractivity contribution in [2.24, 2.45) is 7.05 Å². The van der Waals surface area contributed by atoms with Crippen molar-refractivity contribution in [1.29, 1.82) is 0 Å². The molecule has 0 unspecified atom stereocenters. The zero-order chi connectivity index (χ0) is 10.8. The molecule has 0 N–H and O–H groups in total. The highest BCUT2D eigenvalue weighted by molar-refractivity contribution is 7.11. The number of thiazole rings is 1. The maximum atomic E-state index is 11.9. The van der Waals surface area contributed by atoms with Gasteiger partial charge in [0.25, 0.3) is 5.19 Å². The summed E-state index contributed by atoms with van der Waals surface area (Å²) in [4.78, 5) is 19.8. The molecule has 0 aliphatic carbocycles. The number of nitrogens with zero attached hydrogens (tertiary/aromatic N) is 3. The van der Waals surface area contributed by atoms with Gasteiger partial charge in [0.05, 0.1) is 19.6 Å². The number of aryl methyl sites for hydroxylation is 1. The van der Waals surface area contributed by atoms with Crippen molar-refractivity contribution in [3.63, 3.8) is 0 Å². The van der Waals surface area contributed by atoms with Crippen molar-refractivity contribution in [2.75, 3.05) is 7.11 Å². The maximum absolute atomic E-state index is 11.9. The Hall–Kier alpha value is -1.69. The predicted octanol–water partition coefficient (Wildman–Crippen LogP) is 1.12. The van der Waals surface area contributed by atoms with Crippen molar-refractivity contribution >= 4 is 17.1 Å². The minimum Gasteiger partial charge on any atom is -0.473 e. The van der Waals surface area contributed by atoms with Gasteiger partial charge in [0, 0.05) is 12.4 Å². The molecule has 0 aromatic carbocycles. The fraction of sp³-hybridized carbons (Fsp3) is 0.222. The third kappa shape index (κ3) is 1.75. The number of hydrogen-bond acceptors (Lipinski definition) is 5. The third-order valence-corrected chi connectivity index (χ3v) is 2.74. The highest BCUT2D eigenvalue weighted by Crippen LogP contribution is 2.19. The highest BCUT2D eigenvalue weighted by atomic mass is 32.1. The zero-order valence-electron chi connectivity index (χ0n) is 8.30. The first-order chi connectivity index (χ1) is 7.22. The van der Waals surface area contributed by atoms with Crippen LogP contribution in [0.5, 0.6) is 5.19 Å². The van der Waals surface area contributed by atoms with Gasteiger partial charge in [0.15, 0.2) is 0 Å². The fourth-order valence-electron chi connectivity index (χ4n) is 1.16. The number of methoxy groups -OCH3 is 1. The Kier molecular flexibility index (Phi) is 2.51. The van der Waals surface area contributed by atoms with Gasteiger partial charge in [-0.3, -0.25) is 4.79 Å². The Labute approximate surface area is 90.4 Å². The van der Waals surface area contributed by atoms with Crippen LogP contribution in [-0.2, 0) is 7.05 Å². The van der Waals surface area contributed by atoms with E-state index in [0.717, 1.165) is 0 Å². The summed E-state index contributed by atoms with van der Waals surface area (Å²) in [6.45, 7) is 0. The van der Waals surface area contributed by atoms with Gasteiger partial charge >= 0.3 is 0 Å². The Morgan fingerprint density at radius 1 is 1.60 bits per heavy atom. The lowest BCUT2D eigenvalue weighted by molar-refractivity contribution is 0.102. The highest BCUT2D eigenvalue weighted by Gasteiger charge is 2.16. The van der Waals surface area contributed by atoms with E-state index in [1.54, 1.807) is 23.3 Å². The monoisotopic (exact) mass is 223 g/mol. The Morgan fingerprint density at radius 2 is 2.40 bits per heavy atom. The molecule has 0 bridgehead atoms. The lowest BCUT2D eigenvalue weighted by Crippen LogP contribution is -2.07. The summed E-state index contributed by atoms with van der Waals surface area (Å²) in [6.07, 6.45) is 3.10. The van der Waals surface area contributed by atoms with E-state index in [-0.39, 0.29) is 5.78 Å². The number of ketones is 1. The van der Waals surface area contributed by atoms with Gasteiger partial charge in [-0.1, -0.05) is 11.3 Å². The van der Waals surface area contributed by atoms with Gasteiger partial charge in [-0.15, -0.1) is 0 Å². The summed E-state index contributed by atoms with van der Waals surface area (Å²) in [5.74, 6) is -0.144. The fourth-order valence-corrected chi connectivity index (χ4v) is 1.78. The van der Waals surface area contributed by atoms with Crippen LogP contribution in [-0.4, -0.2) is 27.4 Å². The second-order valence-corrected chi connectivity index (χ2v) is 3.74. The van der Waals surface area contributed by atoms with Crippen LogP contribution in [0.1, 0.15) is 16.2 Å². The van der Waals surface area contributed by atoms with Crippen LogP contribution in [0.25, 0.3) is 0 Å². The molecule has 0 aliphatic heterocycles. The first kappa shape index (κ1) is 9.85. The topological polar surface area (TPSA) is 57.0 Å². The van der Waals surface area contributed by atoms with Gasteiger partial charge in [-0.25, -0.2) is 4.98 Å². The largest absolute Gasteiger partial charge is 0.473 e. The molecule has 5 nitrogen and oxygen atoms in total. The van der Waals surface area contributed by atoms with Crippen LogP contribution < -0.4 is 4.74 Å². The van der Waals surface area contributed by atoms with E-state index in [2.05, 4.69) is 9.97 Å². The number of hydrogen-bond donors (Lipinski definition) is 0. The van der Waals surface area contributed by atoms with E-state index >= 15 is 0 Å². The molecular formula is C9H9N3O2S. The number of imidazole rings is 1. The first-order valence-corrected chi connectivity index (χ1v) is 5.11. The third-order valence-electron chi connectivity index (χ3n) is 1.94. The number of ether oxygens (including phenoxy) is 1. The summed E-state index contributed by atoms with van der Waals surface area (Å²) in [7, 11) is 3.29. The molecule has 78 valence electrons. The van der Waals surface area contributed by atoms with Crippen LogP contribution in [0.4, 0.5) is 0 Å². The molecule has 0 radical (unpaired) electrons. The molecule has 2 rings (SSSR count). The van der Waals surface area contributed by atoms with Crippen molar-refractivity contribution in [3.8, 4) is 5.19 Å². The molecule has 2 aromatic rings. The van der Waals surface area contributed by atoms with Crippen LogP contribution in [0.2, 0.25) is 0 Å². The summed E-state index contributed by atoms with van der Waals surface area (Å²) in [5.41, 5.74) is 0.906. The van der Waals surface area contributed by atoms with Gasteiger partial charge < -0.3 is 9.30 Å². The smallest absolute Gasteiger partial charge is 0.273 e. The molecule has 0 saturated carbocycles. The average Bonchev–Trinajstić information content (AvgIpc) is 2.84. The second-order valence-electron chi connectivity index (χ2n) is 2.92. The van der Waals surface area contributed by atoms with Crippen molar-refractivity contribution < 1.29 is 9.53 Å². The Bertz CT molecular complexity index is 489. The molecular weight excluding hydrogens is 214 g/mol. The Balaban J connectivity index is 2.32. The van der Waals surface area contributed by atoms with Gasteiger partial charge in [-0.05, 0) is 0 Å².